The van der Waals surface area contributed by atoms with E-state index in [1.807, 2.05) is 6.92 Å². The lowest BCUT2D eigenvalue weighted by molar-refractivity contribution is 0.0670. The third-order valence-electron chi connectivity index (χ3n) is 3.10. The van der Waals surface area contributed by atoms with E-state index in [9.17, 15) is 9.50 Å². The van der Waals surface area contributed by atoms with Crippen LogP contribution in [0.3, 0.4) is 0 Å². The predicted octanol–water partition coefficient (Wildman–Crippen LogP) is 2.36. The Kier molecular flexibility index (Phi) is 3.97. The van der Waals surface area contributed by atoms with Gasteiger partial charge < -0.3 is 15.2 Å². The minimum absolute atomic E-state index is 0.0857. The fourth-order valence-electron chi connectivity index (χ4n) is 2.19. The number of nitrogens with one attached hydrogen (secondary N) is 1. The number of rotatable bonds is 3. The third kappa shape index (κ3) is 3.17. The number of phenolic OH excluding ortho intramolecular Hbond substituents is 1. The fraction of sp³-hybridized carbons (Fsp3) is 0.538. The molecule has 3 nitrogen and oxygen atoms in total. The summed E-state index contributed by atoms with van der Waals surface area (Å²) in [5.41, 5.74) is 0.593. The van der Waals surface area contributed by atoms with Gasteiger partial charge in [0.15, 0.2) is 0 Å². The number of hydrogen-bond acceptors (Lipinski definition) is 3. The highest BCUT2D eigenvalue weighted by Crippen LogP contribution is 2.25. The van der Waals surface area contributed by atoms with Crippen molar-refractivity contribution in [3.05, 3.63) is 29.6 Å². The van der Waals surface area contributed by atoms with Crippen molar-refractivity contribution in [1.82, 2.24) is 5.32 Å². The lowest BCUT2D eigenvalue weighted by Crippen LogP contribution is -2.38. The Hall–Kier alpha value is -1.13. The molecule has 0 bridgehead atoms. The first kappa shape index (κ1) is 12.3. The zero-order valence-electron chi connectivity index (χ0n) is 9.95. The summed E-state index contributed by atoms with van der Waals surface area (Å²) in [6.07, 6.45) is 2.10. The van der Waals surface area contributed by atoms with E-state index in [0.29, 0.717) is 12.2 Å². The Balaban J connectivity index is 2.02. The van der Waals surface area contributed by atoms with Gasteiger partial charge in [-0.15, -0.1) is 0 Å². The van der Waals surface area contributed by atoms with E-state index < -0.39 is 0 Å². The standard InChI is InChI=1S/C13H18FNO2/c1-9(15-11-3-2-6-17-8-11)12-7-10(14)4-5-13(12)16/h4-5,7,9,11,15-16H,2-3,6,8H2,1H3. The van der Waals surface area contributed by atoms with Crippen molar-refractivity contribution < 1.29 is 14.2 Å². The van der Waals surface area contributed by atoms with E-state index in [2.05, 4.69) is 5.32 Å². The van der Waals surface area contributed by atoms with Crippen LogP contribution in [0.25, 0.3) is 0 Å². The van der Waals surface area contributed by atoms with Gasteiger partial charge in [-0.05, 0) is 38.0 Å². The highest BCUT2D eigenvalue weighted by atomic mass is 19.1. The molecule has 1 heterocycles. The van der Waals surface area contributed by atoms with Crippen LogP contribution in [0.15, 0.2) is 18.2 Å². The van der Waals surface area contributed by atoms with Crippen LogP contribution >= 0.6 is 0 Å². The predicted molar refractivity (Wildman–Crippen MR) is 63.5 cm³/mol. The first-order chi connectivity index (χ1) is 8.16. The van der Waals surface area contributed by atoms with Crippen LogP contribution in [0.4, 0.5) is 4.39 Å². The summed E-state index contributed by atoms with van der Waals surface area (Å²) in [5, 5.41) is 13.0. The zero-order valence-corrected chi connectivity index (χ0v) is 9.95. The quantitative estimate of drug-likeness (QED) is 0.850. The van der Waals surface area contributed by atoms with Crippen LogP contribution in [-0.4, -0.2) is 24.4 Å². The van der Waals surface area contributed by atoms with Crippen molar-refractivity contribution >= 4 is 0 Å². The van der Waals surface area contributed by atoms with Gasteiger partial charge in [0.05, 0.1) is 6.61 Å². The van der Waals surface area contributed by atoms with E-state index in [4.69, 9.17) is 4.74 Å². The van der Waals surface area contributed by atoms with Crippen LogP contribution in [-0.2, 0) is 4.74 Å². The maximum Gasteiger partial charge on any atom is 0.123 e. The van der Waals surface area contributed by atoms with Gasteiger partial charge in [-0.3, -0.25) is 0 Å². The number of halogens is 1. The molecule has 0 spiro atoms. The molecule has 0 radical (unpaired) electrons. The average molecular weight is 239 g/mol. The van der Waals surface area contributed by atoms with E-state index in [0.717, 1.165) is 19.4 Å². The SMILES string of the molecule is CC(NC1CCCOC1)c1cc(F)ccc1O. The minimum Gasteiger partial charge on any atom is -0.508 e. The molecule has 0 aromatic heterocycles. The van der Waals surface area contributed by atoms with Gasteiger partial charge in [-0.2, -0.15) is 0 Å². The van der Waals surface area contributed by atoms with E-state index in [1.54, 1.807) is 0 Å². The molecule has 0 amide bonds. The molecule has 1 fully saturated rings. The molecule has 1 saturated heterocycles. The Bertz CT molecular complexity index is 378. The van der Waals surface area contributed by atoms with Gasteiger partial charge in [-0.1, -0.05) is 0 Å². The van der Waals surface area contributed by atoms with Crippen molar-refractivity contribution in [2.45, 2.75) is 31.8 Å². The normalized spacial score (nSPS) is 22.4. The summed E-state index contributed by atoms with van der Waals surface area (Å²) in [6, 6.07) is 4.21. The van der Waals surface area contributed by atoms with E-state index in [-0.39, 0.29) is 23.7 Å². The van der Waals surface area contributed by atoms with Crippen molar-refractivity contribution in [2.75, 3.05) is 13.2 Å². The number of hydrogen-bond donors (Lipinski definition) is 2. The monoisotopic (exact) mass is 239 g/mol. The molecule has 2 atom stereocenters. The summed E-state index contributed by atoms with van der Waals surface area (Å²) in [6.45, 7) is 3.42. The van der Waals surface area contributed by atoms with Crippen molar-refractivity contribution in [3.63, 3.8) is 0 Å². The second-order valence-electron chi connectivity index (χ2n) is 4.51. The zero-order chi connectivity index (χ0) is 12.3. The topological polar surface area (TPSA) is 41.5 Å². The molecule has 17 heavy (non-hydrogen) atoms. The first-order valence-corrected chi connectivity index (χ1v) is 5.99. The van der Waals surface area contributed by atoms with Gasteiger partial charge in [0.2, 0.25) is 0 Å². The number of aromatic hydroxyl groups is 1. The van der Waals surface area contributed by atoms with Gasteiger partial charge in [0, 0.05) is 24.3 Å². The van der Waals surface area contributed by atoms with E-state index >= 15 is 0 Å². The number of phenols is 1. The summed E-state index contributed by atoms with van der Waals surface area (Å²) >= 11 is 0. The van der Waals surface area contributed by atoms with Gasteiger partial charge in [0.1, 0.15) is 11.6 Å². The largest absolute Gasteiger partial charge is 0.508 e. The second-order valence-corrected chi connectivity index (χ2v) is 4.51. The van der Waals surface area contributed by atoms with Gasteiger partial charge >= 0.3 is 0 Å². The first-order valence-electron chi connectivity index (χ1n) is 5.99. The third-order valence-corrected chi connectivity index (χ3v) is 3.10. The fourth-order valence-corrected chi connectivity index (χ4v) is 2.19. The molecule has 2 unspecified atom stereocenters. The lowest BCUT2D eigenvalue weighted by Gasteiger charge is -2.27. The highest BCUT2D eigenvalue weighted by molar-refractivity contribution is 5.34. The summed E-state index contributed by atoms with van der Waals surface area (Å²) in [7, 11) is 0. The molecule has 1 aromatic rings. The maximum absolute atomic E-state index is 13.1. The number of ether oxygens (including phenoxy) is 1. The molecule has 2 rings (SSSR count). The smallest absolute Gasteiger partial charge is 0.123 e. The van der Waals surface area contributed by atoms with Crippen LogP contribution in [0, 0.1) is 5.82 Å². The highest BCUT2D eigenvalue weighted by Gasteiger charge is 2.18. The molecule has 1 aliphatic rings. The molecule has 1 aromatic carbocycles. The maximum atomic E-state index is 13.1. The Morgan fingerprint density at radius 3 is 3.06 bits per heavy atom. The van der Waals surface area contributed by atoms with Crippen molar-refractivity contribution in [1.29, 1.82) is 0 Å². The minimum atomic E-state index is -0.327. The van der Waals surface area contributed by atoms with Gasteiger partial charge in [-0.25, -0.2) is 4.39 Å². The molecule has 1 aliphatic heterocycles. The molecule has 94 valence electrons. The summed E-state index contributed by atoms with van der Waals surface area (Å²) < 4.78 is 18.5. The molecule has 0 aliphatic carbocycles. The van der Waals surface area contributed by atoms with Crippen LogP contribution in [0.2, 0.25) is 0 Å². The van der Waals surface area contributed by atoms with E-state index in [1.165, 1.54) is 18.2 Å². The molecule has 2 N–H and O–H groups in total. The lowest BCUT2D eigenvalue weighted by atomic mass is 10.0. The molecular weight excluding hydrogens is 221 g/mol. The Labute approximate surface area is 101 Å². The Morgan fingerprint density at radius 2 is 2.35 bits per heavy atom. The number of benzene rings is 1. The molecule has 4 heteroatoms. The van der Waals surface area contributed by atoms with Gasteiger partial charge in [0.25, 0.3) is 0 Å². The average Bonchev–Trinajstić information content (AvgIpc) is 2.33. The van der Waals surface area contributed by atoms with Crippen LogP contribution in [0.5, 0.6) is 5.75 Å². The van der Waals surface area contributed by atoms with Crippen LogP contribution < -0.4 is 5.32 Å². The molecular formula is C13H18FNO2. The summed E-state index contributed by atoms with van der Waals surface area (Å²) in [4.78, 5) is 0. The van der Waals surface area contributed by atoms with Crippen LogP contribution in [0.1, 0.15) is 31.4 Å². The van der Waals surface area contributed by atoms with Crippen molar-refractivity contribution in [2.24, 2.45) is 0 Å². The van der Waals surface area contributed by atoms with Crippen molar-refractivity contribution in [3.8, 4) is 5.75 Å². The second kappa shape index (κ2) is 5.47. The Morgan fingerprint density at radius 1 is 1.53 bits per heavy atom. The molecule has 0 saturated carbocycles. The summed E-state index contributed by atoms with van der Waals surface area (Å²) in [5.74, 6) is -0.200.